The van der Waals surface area contributed by atoms with Crippen molar-refractivity contribution in [1.82, 2.24) is 15.5 Å². The zero-order valence-electron chi connectivity index (χ0n) is 15.0. The van der Waals surface area contributed by atoms with Crippen molar-refractivity contribution in [1.29, 1.82) is 0 Å². The van der Waals surface area contributed by atoms with Gasteiger partial charge in [-0.15, -0.1) is 0 Å². The first-order valence-corrected chi connectivity index (χ1v) is 8.96. The first-order valence-electron chi connectivity index (χ1n) is 8.96. The Kier molecular flexibility index (Phi) is 5.71. The van der Waals surface area contributed by atoms with Gasteiger partial charge in [0.15, 0.2) is 0 Å². The topological polar surface area (TPSA) is 44.4 Å². The maximum Gasteiger partial charge on any atom is 0.315 e. The molecule has 2 unspecified atom stereocenters. The monoisotopic (exact) mass is 337 g/mol. The lowest BCUT2D eigenvalue weighted by atomic mass is 9.88. The van der Waals surface area contributed by atoms with Gasteiger partial charge in [0.25, 0.3) is 0 Å². The van der Waals surface area contributed by atoms with Crippen LogP contribution in [0.15, 0.2) is 54.6 Å². The maximum atomic E-state index is 12.3. The van der Waals surface area contributed by atoms with Crippen molar-refractivity contribution in [3.05, 3.63) is 71.3 Å². The van der Waals surface area contributed by atoms with Gasteiger partial charge in [0.05, 0.1) is 6.04 Å². The van der Waals surface area contributed by atoms with Gasteiger partial charge < -0.3 is 15.5 Å². The molecule has 0 heterocycles. The van der Waals surface area contributed by atoms with Gasteiger partial charge in [0, 0.05) is 12.6 Å². The number of likely N-dealkylation sites (N-methyl/N-ethyl adjacent to an activating group) is 1. The Hall–Kier alpha value is -2.33. The normalized spacial score (nSPS) is 17.6. The van der Waals surface area contributed by atoms with Gasteiger partial charge in [-0.1, -0.05) is 54.6 Å². The van der Waals surface area contributed by atoms with Gasteiger partial charge >= 0.3 is 6.03 Å². The van der Waals surface area contributed by atoms with Gasteiger partial charge in [-0.25, -0.2) is 4.79 Å². The number of hydrogen-bond acceptors (Lipinski definition) is 2. The van der Waals surface area contributed by atoms with Crippen LogP contribution >= 0.6 is 0 Å². The van der Waals surface area contributed by atoms with E-state index in [0.29, 0.717) is 6.54 Å². The molecule has 0 aromatic heterocycles. The summed E-state index contributed by atoms with van der Waals surface area (Å²) in [6.45, 7) is 0.589. The van der Waals surface area contributed by atoms with E-state index in [-0.39, 0.29) is 18.1 Å². The number of carbonyl (C=O) groups excluding carboxylic acids is 1. The summed E-state index contributed by atoms with van der Waals surface area (Å²) < 4.78 is 0. The molecule has 2 aromatic carbocycles. The van der Waals surface area contributed by atoms with Crippen LogP contribution in [0.2, 0.25) is 0 Å². The molecule has 0 saturated heterocycles. The van der Waals surface area contributed by atoms with Crippen molar-refractivity contribution < 1.29 is 4.79 Å². The average molecular weight is 337 g/mol. The number of nitrogens with one attached hydrogen (secondary N) is 2. The van der Waals surface area contributed by atoms with Gasteiger partial charge in [0.1, 0.15) is 0 Å². The second-order valence-electron chi connectivity index (χ2n) is 6.95. The maximum absolute atomic E-state index is 12.3. The minimum absolute atomic E-state index is 0.0767. The van der Waals surface area contributed by atoms with Gasteiger partial charge in [-0.05, 0) is 50.0 Å². The molecule has 0 fully saturated rings. The van der Waals surface area contributed by atoms with E-state index in [2.05, 4.69) is 51.9 Å². The van der Waals surface area contributed by atoms with Crippen LogP contribution in [-0.2, 0) is 12.8 Å². The summed E-state index contributed by atoms with van der Waals surface area (Å²) in [6, 6.07) is 19.1. The lowest BCUT2D eigenvalue weighted by Crippen LogP contribution is -2.46. The summed E-state index contributed by atoms with van der Waals surface area (Å²) in [6.07, 6.45) is 2.95. The molecule has 0 aliphatic heterocycles. The number of urea groups is 1. The van der Waals surface area contributed by atoms with Crippen molar-refractivity contribution in [2.75, 3.05) is 20.6 Å². The second kappa shape index (κ2) is 8.17. The average Bonchev–Trinajstić information content (AvgIpc) is 2.62. The summed E-state index contributed by atoms with van der Waals surface area (Å²) in [5, 5.41) is 6.18. The van der Waals surface area contributed by atoms with Crippen LogP contribution in [0.25, 0.3) is 0 Å². The molecular formula is C21H27N3O. The van der Waals surface area contributed by atoms with Crippen molar-refractivity contribution >= 4 is 6.03 Å². The van der Waals surface area contributed by atoms with E-state index in [1.54, 1.807) is 0 Å². The number of hydrogen-bond donors (Lipinski definition) is 2. The number of amides is 2. The molecule has 2 atom stereocenters. The van der Waals surface area contributed by atoms with Crippen molar-refractivity contribution in [3.8, 4) is 0 Å². The second-order valence-corrected chi connectivity index (χ2v) is 6.95. The van der Waals surface area contributed by atoms with E-state index >= 15 is 0 Å². The summed E-state index contributed by atoms with van der Waals surface area (Å²) in [4.78, 5) is 14.5. The summed E-state index contributed by atoms with van der Waals surface area (Å²) in [5.74, 6) is 0. The fourth-order valence-corrected chi connectivity index (χ4v) is 3.52. The Morgan fingerprint density at radius 2 is 1.76 bits per heavy atom. The van der Waals surface area contributed by atoms with Crippen LogP contribution in [0.4, 0.5) is 4.79 Å². The van der Waals surface area contributed by atoms with Crippen LogP contribution in [0, 0.1) is 0 Å². The smallest absolute Gasteiger partial charge is 0.315 e. The molecule has 0 spiro atoms. The van der Waals surface area contributed by atoms with Crippen molar-refractivity contribution in [3.63, 3.8) is 0 Å². The summed E-state index contributed by atoms with van der Waals surface area (Å²) >= 11 is 0. The van der Waals surface area contributed by atoms with Gasteiger partial charge in [-0.2, -0.15) is 0 Å². The van der Waals surface area contributed by atoms with Crippen molar-refractivity contribution in [2.24, 2.45) is 0 Å². The first kappa shape index (κ1) is 17.5. The third-order valence-electron chi connectivity index (χ3n) is 4.95. The lowest BCUT2D eigenvalue weighted by molar-refractivity contribution is 0.228. The molecule has 0 saturated carbocycles. The number of nitrogens with zero attached hydrogens (tertiary/aromatic N) is 1. The Labute approximate surface area is 150 Å². The largest absolute Gasteiger partial charge is 0.336 e. The number of aryl methyl sites for hydroxylation is 1. The van der Waals surface area contributed by atoms with E-state index in [9.17, 15) is 4.79 Å². The minimum Gasteiger partial charge on any atom is -0.336 e. The van der Waals surface area contributed by atoms with E-state index in [0.717, 1.165) is 19.3 Å². The number of fused-ring (bicyclic) bond motifs is 1. The molecule has 2 amide bonds. The third kappa shape index (κ3) is 4.60. The number of benzene rings is 2. The fraction of sp³-hybridized carbons (Fsp3) is 0.381. The number of carbonyl (C=O) groups is 1. The predicted molar refractivity (Wildman–Crippen MR) is 102 cm³/mol. The SMILES string of the molecule is CN(C)C(CNC(=O)NC1CCc2ccccc2C1)c1ccccc1. The molecule has 132 valence electrons. The summed E-state index contributed by atoms with van der Waals surface area (Å²) in [5.41, 5.74) is 3.98. The Bertz CT molecular complexity index is 699. The quantitative estimate of drug-likeness (QED) is 0.880. The molecule has 1 aliphatic rings. The van der Waals surface area contributed by atoms with Crippen LogP contribution in [0.5, 0.6) is 0 Å². The van der Waals surface area contributed by atoms with Gasteiger partial charge in [-0.3, -0.25) is 0 Å². The van der Waals surface area contributed by atoms with E-state index in [1.807, 2.05) is 32.3 Å². The molecule has 25 heavy (non-hydrogen) atoms. The predicted octanol–water partition coefficient (Wildman–Crippen LogP) is 3.15. The van der Waals surface area contributed by atoms with Crippen LogP contribution in [0.3, 0.4) is 0 Å². The Morgan fingerprint density at radius 1 is 1.08 bits per heavy atom. The molecule has 4 heteroatoms. The standard InChI is InChI=1S/C21H27N3O/c1-24(2)20(17-9-4-3-5-10-17)15-22-21(25)23-19-13-12-16-8-6-7-11-18(16)14-19/h3-11,19-20H,12-15H2,1-2H3,(H2,22,23,25). The lowest BCUT2D eigenvalue weighted by Gasteiger charge is -2.27. The molecule has 2 aromatic rings. The molecule has 2 N–H and O–H groups in total. The van der Waals surface area contributed by atoms with Crippen LogP contribution in [0.1, 0.15) is 29.2 Å². The molecule has 3 rings (SSSR count). The highest BCUT2D eigenvalue weighted by Crippen LogP contribution is 2.21. The number of rotatable bonds is 5. The Balaban J connectivity index is 1.52. The van der Waals surface area contributed by atoms with Gasteiger partial charge in [0.2, 0.25) is 0 Å². The summed E-state index contributed by atoms with van der Waals surface area (Å²) in [7, 11) is 4.07. The highest BCUT2D eigenvalue weighted by molar-refractivity contribution is 5.74. The third-order valence-corrected chi connectivity index (χ3v) is 4.95. The molecule has 0 bridgehead atoms. The van der Waals surface area contributed by atoms with E-state index < -0.39 is 0 Å². The van der Waals surface area contributed by atoms with E-state index in [1.165, 1.54) is 16.7 Å². The molecular weight excluding hydrogens is 310 g/mol. The zero-order valence-corrected chi connectivity index (χ0v) is 15.0. The fourth-order valence-electron chi connectivity index (χ4n) is 3.52. The Morgan fingerprint density at radius 3 is 2.48 bits per heavy atom. The van der Waals surface area contributed by atoms with E-state index in [4.69, 9.17) is 0 Å². The molecule has 1 aliphatic carbocycles. The highest BCUT2D eigenvalue weighted by Gasteiger charge is 2.20. The minimum atomic E-state index is -0.0767. The first-order chi connectivity index (χ1) is 12.1. The highest BCUT2D eigenvalue weighted by atomic mass is 16.2. The zero-order chi connectivity index (χ0) is 17.6. The molecule has 0 radical (unpaired) electrons. The van der Waals surface area contributed by atoms with Crippen molar-refractivity contribution in [2.45, 2.75) is 31.3 Å². The molecule has 4 nitrogen and oxygen atoms in total. The van der Waals surface area contributed by atoms with Crippen LogP contribution < -0.4 is 10.6 Å². The van der Waals surface area contributed by atoms with Crippen LogP contribution in [-0.4, -0.2) is 37.6 Å².